The molecule has 1 atom stereocenters. The molecule has 0 bridgehead atoms. The Morgan fingerprint density at radius 1 is 1.38 bits per heavy atom. The van der Waals surface area contributed by atoms with Crippen LogP contribution >= 0.6 is 0 Å². The molecule has 1 saturated heterocycles. The Hall–Kier alpha value is -2.50. The van der Waals surface area contributed by atoms with E-state index in [9.17, 15) is 8.42 Å². The van der Waals surface area contributed by atoms with Gasteiger partial charge in [-0.05, 0) is 37.1 Å². The Bertz CT molecular complexity index is 856. The highest BCUT2D eigenvalue weighted by atomic mass is 32.2. The van der Waals surface area contributed by atoms with Crippen LogP contribution < -0.4 is 10.0 Å². The summed E-state index contributed by atoms with van der Waals surface area (Å²) >= 11 is 0. The first-order valence-electron chi connectivity index (χ1n) is 7.56. The number of nitrogens with one attached hydrogen (secondary N) is 2. The minimum absolute atomic E-state index is 0.217. The van der Waals surface area contributed by atoms with Crippen molar-refractivity contribution in [3.05, 3.63) is 42.2 Å². The van der Waals surface area contributed by atoms with Gasteiger partial charge in [0.15, 0.2) is 12.1 Å². The number of hydrogen-bond acceptors (Lipinski definition) is 6. The summed E-state index contributed by atoms with van der Waals surface area (Å²) in [5, 5.41) is 11.9. The van der Waals surface area contributed by atoms with Crippen molar-refractivity contribution >= 4 is 21.6 Å². The third-order valence-electron chi connectivity index (χ3n) is 3.92. The Balaban J connectivity index is 1.80. The summed E-state index contributed by atoms with van der Waals surface area (Å²) in [7, 11) is -3.66. The molecule has 24 heavy (non-hydrogen) atoms. The molecule has 1 aromatic carbocycles. The van der Waals surface area contributed by atoms with Crippen LogP contribution in [0.2, 0.25) is 0 Å². The number of anilines is 2. The molecule has 1 aliphatic heterocycles. The molecular weight excluding hydrogens is 328 g/mol. The molecule has 1 fully saturated rings. The SMILES string of the molecule is Cc1ccc(Nc2ccco2)cc1S(=O)(=O)NC1CCN(C#N)C1. The number of nitrogens with zero attached hydrogens (tertiary/aromatic N) is 2. The highest BCUT2D eigenvalue weighted by Gasteiger charge is 2.27. The molecule has 1 aromatic heterocycles. The van der Waals surface area contributed by atoms with E-state index in [0.29, 0.717) is 36.6 Å². The number of furan rings is 1. The number of sulfonamides is 1. The largest absolute Gasteiger partial charge is 0.449 e. The van der Waals surface area contributed by atoms with Crippen LogP contribution in [0.1, 0.15) is 12.0 Å². The van der Waals surface area contributed by atoms with E-state index in [-0.39, 0.29) is 10.9 Å². The van der Waals surface area contributed by atoms with Gasteiger partial charge >= 0.3 is 0 Å². The molecule has 0 amide bonds. The van der Waals surface area contributed by atoms with Gasteiger partial charge in [0, 0.05) is 30.9 Å². The second kappa shape index (κ2) is 6.55. The number of rotatable bonds is 5. The van der Waals surface area contributed by atoms with E-state index >= 15 is 0 Å². The van der Waals surface area contributed by atoms with Gasteiger partial charge in [0.2, 0.25) is 10.0 Å². The normalized spacial score (nSPS) is 17.7. The molecule has 2 heterocycles. The maximum Gasteiger partial charge on any atom is 0.241 e. The van der Waals surface area contributed by atoms with Crippen LogP contribution in [0.4, 0.5) is 11.6 Å². The summed E-state index contributed by atoms with van der Waals surface area (Å²) in [6, 6.07) is 8.37. The lowest BCUT2D eigenvalue weighted by molar-refractivity contribution is 0.470. The monoisotopic (exact) mass is 346 g/mol. The Kier molecular flexibility index (Phi) is 4.46. The average Bonchev–Trinajstić information content (AvgIpc) is 3.20. The number of likely N-dealkylation sites (tertiary alicyclic amines) is 1. The van der Waals surface area contributed by atoms with Gasteiger partial charge in [0.25, 0.3) is 0 Å². The Morgan fingerprint density at radius 2 is 2.21 bits per heavy atom. The molecular formula is C16H18N4O3S. The molecule has 0 aliphatic carbocycles. The van der Waals surface area contributed by atoms with Crippen molar-refractivity contribution in [3.8, 4) is 6.19 Å². The lowest BCUT2D eigenvalue weighted by Crippen LogP contribution is -2.36. The Morgan fingerprint density at radius 3 is 2.88 bits per heavy atom. The molecule has 2 N–H and O–H groups in total. The molecule has 0 spiro atoms. The first kappa shape index (κ1) is 16.4. The summed E-state index contributed by atoms with van der Waals surface area (Å²) in [5.41, 5.74) is 1.28. The summed E-state index contributed by atoms with van der Waals surface area (Å²) < 4.78 is 33.3. The van der Waals surface area contributed by atoms with E-state index in [1.54, 1.807) is 42.2 Å². The van der Waals surface area contributed by atoms with Crippen LogP contribution in [0.25, 0.3) is 0 Å². The molecule has 1 unspecified atom stereocenters. The minimum Gasteiger partial charge on any atom is -0.449 e. The molecule has 1 aliphatic rings. The van der Waals surface area contributed by atoms with Crippen LogP contribution in [0, 0.1) is 18.4 Å². The van der Waals surface area contributed by atoms with Crippen molar-refractivity contribution in [3.63, 3.8) is 0 Å². The molecule has 8 heteroatoms. The second-order valence-corrected chi connectivity index (χ2v) is 7.42. The van der Waals surface area contributed by atoms with Gasteiger partial charge in [-0.1, -0.05) is 6.07 Å². The molecule has 2 aromatic rings. The van der Waals surface area contributed by atoms with Gasteiger partial charge in [-0.3, -0.25) is 0 Å². The third kappa shape index (κ3) is 3.53. The van der Waals surface area contributed by atoms with E-state index < -0.39 is 10.0 Å². The van der Waals surface area contributed by atoms with Crippen LogP contribution in [-0.4, -0.2) is 32.4 Å². The highest BCUT2D eigenvalue weighted by Crippen LogP contribution is 2.24. The van der Waals surface area contributed by atoms with Crippen molar-refractivity contribution in [2.24, 2.45) is 0 Å². The minimum atomic E-state index is -3.66. The van der Waals surface area contributed by atoms with Gasteiger partial charge in [-0.2, -0.15) is 5.26 Å². The first-order valence-corrected chi connectivity index (χ1v) is 9.04. The molecule has 7 nitrogen and oxygen atoms in total. The van der Waals surface area contributed by atoms with Gasteiger partial charge in [-0.15, -0.1) is 0 Å². The van der Waals surface area contributed by atoms with Crippen molar-refractivity contribution < 1.29 is 12.8 Å². The zero-order chi connectivity index (χ0) is 17.2. The van der Waals surface area contributed by atoms with Crippen molar-refractivity contribution in [2.45, 2.75) is 24.3 Å². The standard InChI is InChI=1S/C16H18N4O3S/c1-12-4-5-13(18-16-3-2-8-23-16)9-15(12)24(21,22)19-14-6-7-20(10-14)11-17/h2-5,8-9,14,18-19H,6-7,10H2,1H3. The highest BCUT2D eigenvalue weighted by molar-refractivity contribution is 7.89. The lowest BCUT2D eigenvalue weighted by Gasteiger charge is -2.15. The quantitative estimate of drug-likeness (QED) is 0.805. The van der Waals surface area contributed by atoms with E-state index in [1.165, 1.54) is 6.26 Å². The fraction of sp³-hybridized carbons (Fsp3) is 0.312. The predicted molar refractivity (Wildman–Crippen MR) is 89.1 cm³/mol. The number of aryl methyl sites for hydroxylation is 1. The van der Waals surface area contributed by atoms with Crippen molar-refractivity contribution in [1.29, 1.82) is 5.26 Å². The number of nitriles is 1. The van der Waals surface area contributed by atoms with Gasteiger partial charge in [-0.25, -0.2) is 13.1 Å². The maximum atomic E-state index is 12.7. The van der Waals surface area contributed by atoms with E-state index in [4.69, 9.17) is 9.68 Å². The molecule has 0 saturated carbocycles. The molecule has 126 valence electrons. The summed E-state index contributed by atoms with van der Waals surface area (Å²) in [6.45, 7) is 2.73. The predicted octanol–water partition coefficient (Wildman–Crippen LogP) is 2.17. The Labute approximate surface area is 140 Å². The molecule has 0 radical (unpaired) electrons. The van der Waals surface area contributed by atoms with Crippen LogP contribution in [0.15, 0.2) is 45.9 Å². The van der Waals surface area contributed by atoms with Crippen LogP contribution in [0.3, 0.4) is 0 Å². The summed E-state index contributed by atoms with van der Waals surface area (Å²) in [4.78, 5) is 1.77. The topological polar surface area (TPSA) is 98.4 Å². The van der Waals surface area contributed by atoms with E-state index in [1.807, 2.05) is 6.19 Å². The maximum absolute atomic E-state index is 12.7. The number of benzene rings is 1. The van der Waals surface area contributed by atoms with Crippen molar-refractivity contribution in [1.82, 2.24) is 9.62 Å². The zero-order valence-electron chi connectivity index (χ0n) is 13.2. The second-order valence-electron chi connectivity index (χ2n) is 5.74. The average molecular weight is 346 g/mol. The van der Waals surface area contributed by atoms with Crippen LogP contribution in [0.5, 0.6) is 0 Å². The summed E-state index contributed by atoms with van der Waals surface area (Å²) in [5.74, 6) is 0.538. The lowest BCUT2D eigenvalue weighted by atomic mass is 10.2. The zero-order valence-corrected chi connectivity index (χ0v) is 14.0. The van der Waals surface area contributed by atoms with Gasteiger partial charge in [0.05, 0.1) is 11.2 Å². The first-order chi connectivity index (χ1) is 11.5. The van der Waals surface area contributed by atoms with Crippen molar-refractivity contribution in [2.75, 3.05) is 18.4 Å². The number of hydrogen-bond donors (Lipinski definition) is 2. The fourth-order valence-electron chi connectivity index (χ4n) is 2.69. The van der Waals surface area contributed by atoms with Crippen LogP contribution in [-0.2, 0) is 10.0 Å². The van der Waals surface area contributed by atoms with Gasteiger partial charge in [0.1, 0.15) is 0 Å². The molecule has 3 rings (SSSR count). The van der Waals surface area contributed by atoms with E-state index in [0.717, 1.165) is 0 Å². The van der Waals surface area contributed by atoms with Gasteiger partial charge < -0.3 is 14.6 Å². The third-order valence-corrected chi connectivity index (χ3v) is 5.58. The van der Waals surface area contributed by atoms with E-state index in [2.05, 4.69) is 10.0 Å². The fourth-order valence-corrected chi connectivity index (χ4v) is 4.22. The smallest absolute Gasteiger partial charge is 0.241 e. The summed E-state index contributed by atoms with van der Waals surface area (Å²) in [6.07, 6.45) is 4.20.